The van der Waals surface area contributed by atoms with Gasteiger partial charge in [0.05, 0.1) is 17.6 Å². The third-order valence-corrected chi connectivity index (χ3v) is 5.39. The molecule has 2 aromatic rings. The lowest BCUT2D eigenvalue weighted by atomic mass is 10.1. The van der Waals surface area contributed by atoms with Crippen molar-refractivity contribution in [1.29, 1.82) is 0 Å². The van der Waals surface area contributed by atoms with E-state index in [0.29, 0.717) is 23.7 Å². The molecule has 3 rings (SSSR count). The Hall–Kier alpha value is -2.46. The lowest BCUT2D eigenvalue weighted by Crippen LogP contribution is -2.26. The fourth-order valence-electron chi connectivity index (χ4n) is 2.56. The minimum Gasteiger partial charge on any atom is -0.493 e. The van der Waals surface area contributed by atoms with Gasteiger partial charge in [-0.2, -0.15) is 13.2 Å². The van der Waals surface area contributed by atoms with Gasteiger partial charge in [0.25, 0.3) is 0 Å². The molecule has 0 spiro atoms. The van der Waals surface area contributed by atoms with Crippen LogP contribution in [0, 0.1) is 0 Å². The number of halogens is 3. The fraction of sp³-hybridized carbons (Fsp3) is 0.294. The molecule has 1 aliphatic rings. The van der Waals surface area contributed by atoms with E-state index in [-0.39, 0.29) is 18.2 Å². The summed E-state index contributed by atoms with van der Waals surface area (Å²) in [5.41, 5.74) is -0.153. The van der Waals surface area contributed by atoms with Crippen LogP contribution in [0.1, 0.15) is 11.1 Å². The summed E-state index contributed by atoms with van der Waals surface area (Å²) >= 11 is 0. The average Bonchev–Trinajstić information content (AvgIpc) is 3.09. The van der Waals surface area contributed by atoms with Gasteiger partial charge in [-0.3, -0.25) is 0 Å². The largest absolute Gasteiger partial charge is 0.493 e. The molecule has 0 bridgehead atoms. The van der Waals surface area contributed by atoms with Gasteiger partial charge in [-0.05, 0) is 48.4 Å². The standard InChI is InChI=1S/C17H16F3NO5S/c1-24-14-8-11(9-15-16(14)26-10-25-15)6-7-21-27(22,23)13-4-2-12(3-5-13)17(18,19)20/h2-5,8-9,21H,6-7,10H2,1H3. The number of fused-ring (bicyclic) bond motifs is 1. The molecular formula is C17H16F3NO5S. The molecule has 1 aliphatic heterocycles. The minimum atomic E-state index is -4.52. The highest BCUT2D eigenvalue weighted by Crippen LogP contribution is 2.41. The Kier molecular flexibility index (Phi) is 5.20. The van der Waals surface area contributed by atoms with Crippen LogP contribution < -0.4 is 18.9 Å². The van der Waals surface area contributed by atoms with E-state index in [1.165, 1.54) is 7.11 Å². The van der Waals surface area contributed by atoms with Gasteiger partial charge >= 0.3 is 6.18 Å². The average molecular weight is 403 g/mol. The van der Waals surface area contributed by atoms with Gasteiger partial charge in [0.15, 0.2) is 11.5 Å². The second kappa shape index (κ2) is 7.28. The third-order valence-electron chi connectivity index (χ3n) is 3.92. The van der Waals surface area contributed by atoms with Crippen LogP contribution in [0.5, 0.6) is 17.2 Å². The number of methoxy groups -OCH3 is 1. The molecule has 0 radical (unpaired) electrons. The first-order chi connectivity index (χ1) is 12.7. The molecule has 27 heavy (non-hydrogen) atoms. The van der Waals surface area contributed by atoms with E-state index >= 15 is 0 Å². The van der Waals surface area contributed by atoms with Crippen molar-refractivity contribution in [1.82, 2.24) is 4.72 Å². The van der Waals surface area contributed by atoms with E-state index in [0.717, 1.165) is 29.8 Å². The number of hydrogen-bond acceptors (Lipinski definition) is 5. The summed E-state index contributed by atoms with van der Waals surface area (Å²) < 4.78 is 80.3. The Bertz CT molecular complexity index is 927. The molecule has 2 aromatic carbocycles. The molecular weight excluding hydrogens is 387 g/mol. The number of alkyl halides is 3. The molecule has 0 saturated heterocycles. The number of rotatable bonds is 6. The second-order valence-electron chi connectivity index (χ2n) is 5.70. The lowest BCUT2D eigenvalue weighted by Gasteiger charge is -2.10. The van der Waals surface area contributed by atoms with Crippen LogP contribution in [0.2, 0.25) is 0 Å². The zero-order valence-electron chi connectivity index (χ0n) is 14.2. The number of hydrogen-bond donors (Lipinski definition) is 1. The molecule has 146 valence electrons. The smallest absolute Gasteiger partial charge is 0.416 e. The Morgan fingerprint density at radius 2 is 1.85 bits per heavy atom. The van der Waals surface area contributed by atoms with Crippen LogP contribution in [-0.4, -0.2) is 28.9 Å². The Balaban J connectivity index is 1.66. The second-order valence-corrected chi connectivity index (χ2v) is 7.47. The first-order valence-corrected chi connectivity index (χ1v) is 9.32. The zero-order chi connectivity index (χ0) is 19.7. The summed E-state index contributed by atoms with van der Waals surface area (Å²) in [6, 6.07) is 6.75. The molecule has 0 atom stereocenters. The topological polar surface area (TPSA) is 73.9 Å². The van der Waals surface area contributed by atoms with Crippen LogP contribution in [0.3, 0.4) is 0 Å². The predicted molar refractivity (Wildman–Crippen MR) is 89.5 cm³/mol. The minimum absolute atomic E-state index is 0.0478. The SMILES string of the molecule is COc1cc(CCNS(=O)(=O)c2ccc(C(F)(F)F)cc2)cc2c1OCO2. The third kappa shape index (κ3) is 4.28. The van der Waals surface area contributed by atoms with E-state index in [4.69, 9.17) is 14.2 Å². The van der Waals surface area contributed by atoms with Crippen LogP contribution in [0.4, 0.5) is 13.2 Å². The van der Waals surface area contributed by atoms with Gasteiger partial charge in [-0.15, -0.1) is 0 Å². The molecule has 0 aliphatic carbocycles. The lowest BCUT2D eigenvalue weighted by molar-refractivity contribution is -0.137. The van der Waals surface area contributed by atoms with Crippen LogP contribution in [0.25, 0.3) is 0 Å². The highest BCUT2D eigenvalue weighted by atomic mass is 32.2. The molecule has 0 unspecified atom stereocenters. The van der Waals surface area contributed by atoms with Gasteiger partial charge in [0.2, 0.25) is 22.6 Å². The van der Waals surface area contributed by atoms with E-state index in [2.05, 4.69) is 4.72 Å². The van der Waals surface area contributed by atoms with Crippen LogP contribution >= 0.6 is 0 Å². The molecule has 0 aromatic heterocycles. The van der Waals surface area contributed by atoms with Crippen molar-refractivity contribution in [2.45, 2.75) is 17.5 Å². The number of benzene rings is 2. The molecule has 0 amide bonds. The van der Waals surface area contributed by atoms with E-state index in [1.54, 1.807) is 12.1 Å². The molecule has 0 saturated carbocycles. The highest BCUT2D eigenvalue weighted by Gasteiger charge is 2.30. The molecule has 1 N–H and O–H groups in total. The maximum absolute atomic E-state index is 12.6. The summed E-state index contributed by atoms with van der Waals surface area (Å²) in [4.78, 5) is -0.237. The van der Waals surface area contributed by atoms with E-state index < -0.39 is 21.8 Å². The van der Waals surface area contributed by atoms with E-state index in [9.17, 15) is 21.6 Å². The molecule has 0 fully saturated rings. The van der Waals surface area contributed by atoms with Crippen LogP contribution in [0.15, 0.2) is 41.3 Å². The Morgan fingerprint density at radius 1 is 1.15 bits per heavy atom. The van der Waals surface area contributed by atoms with Crippen molar-refractivity contribution in [2.24, 2.45) is 0 Å². The number of sulfonamides is 1. The maximum Gasteiger partial charge on any atom is 0.416 e. The Morgan fingerprint density at radius 3 is 2.48 bits per heavy atom. The number of nitrogens with one attached hydrogen (secondary N) is 1. The van der Waals surface area contributed by atoms with Gasteiger partial charge in [-0.25, -0.2) is 13.1 Å². The molecule has 1 heterocycles. The summed E-state index contributed by atoms with van der Waals surface area (Å²) in [6.07, 6.45) is -4.19. The van der Waals surface area contributed by atoms with Gasteiger partial charge < -0.3 is 14.2 Å². The molecule has 6 nitrogen and oxygen atoms in total. The van der Waals surface area contributed by atoms with Gasteiger partial charge in [-0.1, -0.05) is 0 Å². The van der Waals surface area contributed by atoms with Gasteiger partial charge in [0, 0.05) is 6.54 Å². The van der Waals surface area contributed by atoms with Crippen LogP contribution in [-0.2, 0) is 22.6 Å². The fourth-order valence-corrected chi connectivity index (χ4v) is 3.60. The normalized spacial score (nSPS) is 13.6. The summed E-state index contributed by atoms with van der Waals surface area (Å²) in [6.45, 7) is 0.127. The van der Waals surface area contributed by atoms with E-state index in [1.807, 2.05) is 0 Å². The predicted octanol–water partition coefficient (Wildman–Crippen LogP) is 2.96. The van der Waals surface area contributed by atoms with Crippen molar-refractivity contribution >= 4 is 10.0 Å². The Labute approximate surface area is 153 Å². The van der Waals surface area contributed by atoms with Gasteiger partial charge in [0.1, 0.15) is 0 Å². The van der Waals surface area contributed by atoms with Crippen molar-refractivity contribution in [3.63, 3.8) is 0 Å². The van der Waals surface area contributed by atoms with Crippen molar-refractivity contribution < 1.29 is 35.8 Å². The summed E-state index contributed by atoms with van der Waals surface area (Å²) in [7, 11) is -2.44. The monoisotopic (exact) mass is 403 g/mol. The molecule has 10 heteroatoms. The highest BCUT2D eigenvalue weighted by molar-refractivity contribution is 7.89. The summed E-state index contributed by atoms with van der Waals surface area (Å²) in [5.74, 6) is 1.48. The first-order valence-electron chi connectivity index (χ1n) is 7.84. The summed E-state index contributed by atoms with van der Waals surface area (Å²) in [5, 5.41) is 0. The number of ether oxygens (including phenoxy) is 3. The van der Waals surface area contributed by atoms with Crippen molar-refractivity contribution in [2.75, 3.05) is 20.4 Å². The van der Waals surface area contributed by atoms with Crippen molar-refractivity contribution in [3.8, 4) is 17.2 Å². The zero-order valence-corrected chi connectivity index (χ0v) is 15.0. The quantitative estimate of drug-likeness (QED) is 0.803. The maximum atomic E-state index is 12.6. The van der Waals surface area contributed by atoms with Crippen molar-refractivity contribution in [3.05, 3.63) is 47.5 Å². The first kappa shape index (κ1) is 19.3.